The maximum absolute atomic E-state index is 5.87. The smallest absolute Gasteiger partial charge is 0.142 e. The van der Waals surface area contributed by atoms with Gasteiger partial charge in [-0.1, -0.05) is 72.4 Å². The molecular formula is C20H21ClNO. The van der Waals surface area contributed by atoms with Crippen LogP contribution in [0.3, 0.4) is 0 Å². The van der Waals surface area contributed by atoms with Crippen LogP contribution < -0.4 is 0 Å². The number of hydrogen-bond acceptors (Lipinski definition) is 2. The van der Waals surface area contributed by atoms with Crippen LogP contribution in [0.2, 0.25) is 5.02 Å². The molecule has 0 aromatic heterocycles. The van der Waals surface area contributed by atoms with Gasteiger partial charge in [-0.05, 0) is 42.0 Å². The van der Waals surface area contributed by atoms with Crippen molar-refractivity contribution in [2.24, 2.45) is 5.16 Å². The number of benzene rings is 2. The van der Waals surface area contributed by atoms with Gasteiger partial charge in [0.25, 0.3) is 0 Å². The van der Waals surface area contributed by atoms with Gasteiger partial charge in [-0.2, -0.15) is 0 Å². The number of nitrogens with zero attached hydrogens (tertiary/aromatic N) is 1. The largest absolute Gasteiger partial charge is 0.390 e. The second-order valence-corrected chi connectivity index (χ2v) is 6.46. The summed E-state index contributed by atoms with van der Waals surface area (Å²) in [6.45, 7) is 0.426. The molecule has 119 valence electrons. The van der Waals surface area contributed by atoms with Gasteiger partial charge in [0, 0.05) is 10.6 Å². The highest BCUT2D eigenvalue weighted by molar-refractivity contribution is 6.30. The third kappa shape index (κ3) is 4.59. The second-order valence-electron chi connectivity index (χ2n) is 6.03. The predicted octanol–water partition coefficient (Wildman–Crippen LogP) is 5.82. The Kier molecular flexibility index (Phi) is 5.71. The molecule has 0 unspecified atom stereocenters. The molecule has 0 bridgehead atoms. The lowest BCUT2D eigenvalue weighted by Crippen LogP contribution is -2.07. The lowest BCUT2D eigenvalue weighted by atomic mass is 9.82. The maximum Gasteiger partial charge on any atom is 0.142 e. The molecule has 3 heteroatoms. The van der Waals surface area contributed by atoms with E-state index in [9.17, 15) is 0 Å². The normalized spacial score (nSPS) is 15.9. The van der Waals surface area contributed by atoms with Crippen LogP contribution in [0.4, 0.5) is 0 Å². The summed E-state index contributed by atoms with van der Waals surface area (Å²) < 4.78 is 0. The van der Waals surface area contributed by atoms with Crippen LogP contribution in [0.25, 0.3) is 0 Å². The third-order valence-corrected chi connectivity index (χ3v) is 4.63. The van der Waals surface area contributed by atoms with E-state index >= 15 is 0 Å². The van der Waals surface area contributed by atoms with Crippen molar-refractivity contribution in [2.75, 3.05) is 0 Å². The van der Waals surface area contributed by atoms with Gasteiger partial charge in [0.1, 0.15) is 12.8 Å². The lowest BCUT2D eigenvalue weighted by Gasteiger charge is -2.23. The molecule has 0 spiro atoms. The van der Waals surface area contributed by atoms with Crippen molar-refractivity contribution in [2.45, 2.75) is 44.6 Å². The van der Waals surface area contributed by atoms with E-state index in [1.807, 2.05) is 30.3 Å². The maximum atomic E-state index is 5.87. The van der Waals surface area contributed by atoms with E-state index in [0.29, 0.717) is 12.5 Å². The molecule has 0 atom stereocenters. The molecule has 3 rings (SSSR count). The third-order valence-electron chi connectivity index (χ3n) is 4.38. The fraction of sp³-hybridized carbons (Fsp3) is 0.350. The fourth-order valence-corrected chi connectivity index (χ4v) is 3.26. The van der Waals surface area contributed by atoms with Gasteiger partial charge < -0.3 is 4.84 Å². The quantitative estimate of drug-likeness (QED) is 0.501. The Labute approximate surface area is 143 Å². The van der Waals surface area contributed by atoms with Crippen molar-refractivity contribution in [1.29, 1.82) is 0 Å². The van der Waals surface area contributed by atoms with Gasteiger partial charge in [-0.15, -0.1) is 0 Å². The molecule has 2 nitrogen and oxygen atoms in total. The Hall–Kier alpha value is -1.80. The van der Waals surface area contributed by atoms with Crippen molar-refractivity contribution in [3.05, 3.63) is 70.2 Å². The molecular weight excluding hydrogens is 306 g/mol. The standard InChI is InChI=1S/C20H21ClNO/c21-19-12-10-16(11-13-19)15-23-22-14-18-8-4-5-9-20(18)17-6-2-1-3-7-17/h4-5,8-13,17H,1-3,6-7,15H2. The molecule has 0 heterocycles. The Morgan fingerprint density at radius 2 is 1.74 bits per heavy atom. The van der Waals surface area contributed by atoms with E-state index in [1.165, 1.54) is 37.7 Å². The van der Waals surface area contributed by atoms with E-state index in [0.717, 1.165) is 16.1 Å². The fourth-order valence-electron chi connectivity index (χ4n) is 3.14. The highest BCUT2D eigenvalue weighted by Crippen LogP contribution is 2.33. The molecule has 1 radical (unpaired) electrons. The summed E-state index contributed by atoms with van der Waals surface area (Å²) in [6.07, 6.45) is 9.61. The molecule has 0 saturated heterocycles. The van der Waals surface area contributed by atoms with Gasteiger partial charge in [0.2, 0.25) is 0 Å². The first kappa shape index (κ1) is 16.1. The first-order valence-electron chi connectivity index (χ1n) is 8.24. The van der Waals surface area contributed by atoms with E-state index in [2.05, 4.69) is 29.6 Å². The van der Waals surface area contributed by atoms with Crippen LogP contribution in [0, 0.1) is 0 Å². The summed E-state index contributed by atoms with van der Waals surface area (Å²) in [5.74, 6) is 0.638. The molecule has 1 aliphatic carbocycles. The molecule has 0 amide bonds. The van der Waals surface area contributed by atoms with Gasteiger partial charge in [-0.25, -0.2) is 0 Å². The minimum atomic E-state index is 0.426. The van der Waals surface area contributed by atoms with Crippen molar-refractivity contribution >= 4 is 17.8 Å². The first-order valence-corrected chi connectivity index (χ1v) is 8.62. The van der Waals surface area contributed by atoms with E-state index in [-0.39, 0.29) is 0 Å². The highest BCUT2D eigenvalue weighted by atomic mass is 35.5. The van der Waals surface area contributed by atoms with Crippen LogP contribution >= 0.6 is 11.6 Å². The van der Waals surface area contributed by atoms with Crippen LogP contribution in [0.15, 0.2) is 53.7 Å². The summed E-state index contributed by atoms with van der Waals surface area (Å²) in [4.78, 5) is 5.38. The zero-order valence-electron chi connectivity index (χ0n) is 13.2. The zero-order chi connectivity index (χ0) is 15.9. The van der Waals surface area contributed by atoms with E-state index < -0.39 is 0 Å². The van der Waals surface area contributed by atoms with Crippen LogP contribution in [-0.4, -0.2) is 6.21 Å². The Bertz CT molecular complexity index is 645. The summed E-state index contributed by atoms with van der Waals surface area (Å²) in [5.41, 5.74) is 3.45. The summed E-state index contributed by atoms with van der Waals surface area (Å²) >= 11 is 5.87. The molecule has 1 fully saturated rings. The SMILES string of the molecule is Clc1ccc(CO/N=[C]\c2ccccc2C2CCCCC2)cc1. The molecule has 1 aliphatic rings. The monoisotopic (exact) mass is 326 g/mol. The first-order chi connectivity index (χ1) is 11.3. The molecule has 1 saturated carbocycles. The van der Waals surface area contributed by atoms with Gasteiger partial charge >= 0.3 is 0 Å². The molecule has 0 aliphatic heterocycles. The average molecular weight is 327 g/mol. The molecule has 23 heavy (non-hydrogen) atoms. The van der Waals surface area contributed by atoms with Gasteiger partial charge in [0.05, 0.1) is 0 Å². The minimum absolute atomic E-state index is 0.426. The average Bonchev–Trinajstić information content (AvgIpc) is 2.61. The summed E-state index contributed by atoms with van der Waals surface area (Å²) in [7, 11) is 0. The van der Waals surface area contributed by atoms with Crippen LogP contribution in [0.1, 0.15) is 54.7 Å². The van der Waals surface area contributed by atoms with Gasteiger partial charge in [-0.3, -0.25) is 0 Å². The Balaban J connectivity index is 1.61. The van der Waals surface area contributed by atoms with Crippen molar-refractivity contribution in [3.63, 3.8) is 0 Å². The highest BCUT2D eigenvalue weighted by Gasteiger charge is 2.17. The van der Waals surface area contributed by atoms with E-state index in [1.54, 1.807) is 0 Å². The second kappa shape index (κ2) is 8.16. The van der Waals surface area contributed by atoms with Crippen molar-refractivity contribution in [1.82, 2.24) is 0 Å². The molecule has 2 aromatic carbocycles. The van der Waals surface area contributed by atoms with Gasteiger partial charge in [0.15, 0.2) is 0 Å². The Morgan fingerprint density at radius 3 is 2.52 bits per heavy atom. The summed E-state index contributed by atoms with van der Waals surface area (Å²) in [5, 5.41) is 4.76. The zero-order valence-corrected chi connectivity index (χ0v) is 13.9. The van der Waals surface area contributed by atoms with Crippen molar-refractivity contribution < 1.29 is 4.84 Å². The minimum Gasteiger partial charge on any atom is -0.390 e. The summed E-state index contributed by atoms with van der Waals surface area (Å²) in [6, 6.07) is 16.0. The van der Waals surface area contributed by atoms with Crippen LogP contribution in [0.5, 0.6) is 0 Å². The van der Waals surface area contributed by atoms with Crippen LogP contribution in [-0.2, 0) is 11.4 Å². The molecule has 0 N–H and O–H groups in total. The topological polar surface area (TPSA) is 21.6 Å². The molecule has 2 aromatic rings. The number of hydrogen-bond donors (Lipinski definition) is 0. The lowest BCUT2D eigenvalue weighted by molar-refractivity contribution is 0.132. The number of halogens is 1. The van der Waals surface area contributed by atoms with Crippen molar-refractivity contribution in [3.8, 4) is 0 Å². The Morgan fingerprint density at radius 1 is 1.00 bits per heavy atom. The number of rotatable bonds is 5. The van der Waals surface area contributed by atoms with E-state index in [4.69, 9.17) is 16.4 Å². The predicted molar refractivity (Wildman–Crippen MR) is 95.0 cm³/mol.